The molecule has 1 heterocycles. The van der Waals surface area contributed by atoms with Crippen molar-refractivity contribution >= 4 is 23.0 Å². The van der Waals surface area contributed by atoms with E-state index in [4.69, 9.17) is 10.5 Å². The lowest BCUT2D eigenvalue weighted by atomic mass is 10.3. The summed E-state index contributed by atoms with van der Waals surface area (Å²) in [4.78, 5) is 8.76. The third-order valence-corrected chi connectivity index (χ3v) is 3.85. The predicted octanol–water partition coefficient (Wildman–Crippen LogP) is 3.42. The Hall–Kier alpha value is -2.08. The van der Waals surface area contributed by atoms with Crippen LogP contribution in [0.2, 0.25) is 0 Å². The minimum absolute atomic E-state index is 0.163. The standard InChI is InChI=1S/C16H22N4OS/c1-4-15-19-13(10-22-15)9-18-16(17)20-12-5-7-14(8-6-12)21-11(2)3/h5-8,10-11H,4,9H2,1-3H3,(H3,17,18,20). The van der Waals surface area contributed by atoms with Crippen molar-refractivity contribution in [3.8, 4) is 5.75 Å². The number of nitrogens with zero attached hydrogens (tertiary/aromatic N) is 2. The van der Waals surface area contributed by atoms with Crippen molar-refractivity contribution in [2.45, 2.75) is 39.8 Å². The van der Waals surface area contributed by atoms with Crippen LogP contribution in [0.4, 0.5) is 5.69 Å². The van der Waals surface area contributed by atoms with E-state index in [1.54, 1.807) is 11.3 Å². The Kier molecular flexibility index (Phi) is 5.77. The highest BCUT2D eigenvalue weighted by atomic mass is 32.1. The number of thiazole rings is 1. The maximum atomic E-state index is 5.89. The Bertz CT molecular complexity index is 619. The second kappa shape index (κ2) is 7.79. The summed E-state index contributed by atoms with van der Waals surface area (Å²) in [5, 5.41) is 6.21. The van der Waals surface area contributed by atoms with Crippen LogP contribution < -0.4 is 15.8 Å². The Morgan fingerprint density at radius 3 is 2.68 bits per heavy atom. The molecule has 0 aliphatic rings. The van der Waals surface area contributed by atoms with E-state index in [1.807, 2.05) is 43.5 Å². The van der Waals surface area contributed by atoms with Crippen molar-refractivity contribution in [2.75, 3.05) is 5.32 Å². The van der Waals surface area contributed by atoms with Gasteiger partial charge in [-0.15, -0.1) is 11.3 Å². The molecule has 0 bridgehead atoms. The van der Waals surface area contributed by atoms with Gasteiger partial charge in [0.05, 0.1) is 23.4 Å². The van der Waals surface area contributed by atoms with Gasteiger partial charge in [0.1, 0.15) is 5.75 Å². The summed E-state index contributed by atoms with van der Waals surface area (Å²) < 4.78 is 5.60. The number of aliphatic imine (C=N–C) groups is 1. The van der Waals surface area contributed by atoms with Gasteiger partial charge in [0, 0.05) is 11.1 Å². The van der Waals surface area contributed by atoms with E-state index < -0.39 is 0 Å². The van der Waals surface area contributed by atoms with Crippen LogP contribution in [0.3, 0.4) is 0 Å². The number of aryl methyl sites for hydroxylation is 1. The summed E-state index contributed by atoms with van der Waals surface area (Å²) in [7, 11) is 0. The molecule has 0 aliphatic carbocycles. The lowest BCUT2D eigenvalue weighted by molar-refractivity contribution is 0.242. The third kappa shape index (κ3) is 5.04. The first-order valence-corrected chi connectivity index (χ1v) is 8.21. The molecule has 0 radical (unpaired) electrons. The number of guanidine groups is 1. The fourth-order valence-corrected chi connectivity index (χ4v) is 2.56. The minimum atomic E-state index is 0.163. The van der Waals surface area contributed by atoms with E-state index in [1.165, 1.54) is 0 Å². The first-order valence-electron chi connectivity index (χ1n) is 7.33. The number of nitrogens with one attached hydrogen (secondary N) is 1. The molecule has 1 aromatic carbocycles. The number of ether oxygens (including phenoxy) is 1. The van der Waals surface area contributed by atoms with Gasteiger partial charge in [-0.25, -0.2) is 9.98 Å². The zero-order valence-corrected chi connectivity index (χ0v) is 14.0. The summed E-state index contributed by atoms with van der Waals surface area (Å²) in [6.45, 7) is 6.58. The zero-order chi connectivity index (χ0) is 15.9. The molecule has 2 rings (SSSR count). The number of hydrogen-bond acceptors (Lipinski definition) is 4. The molecule has 2 aromatic rings. The topological polar surface area (TPSA) is 72.5 Å². The number of nitrogens with two attached hydrogens (primary N) is 1. The quantitative estimate of drug-likeness (QED) is 0.632. The molecular formula is C16H22N4OS. The average Bonchev–Trinajstić information content (AvgIpc) is 2.95. The fraction of sp³-hybridized carbons (Fsp3) is 0.375. The molecule has 0 spiro atoms. The number of aromatic nitrogens is 1. The van der Waals surface area contributed by atoms with Crippen LogP contribution >= 0.6 is 11.3 Å². The monoisotopic (exact) mass is 318 g/mol. The van der Waals surface area contributed by atoms with Gasteiger partial charge >= 0.3 is 0 Å². The van der Waals surface area contributed by atoms with Gasteiger partial charge in [-0.1, -0.05) is 6.92 Å². The van der Waals surface area contributed by atoms with Gasteiger partial charge in [-0.3, -0.25) is 0 Å². The van der Waals surface area contributed by atoms with Gasteiger partial charge in [0.15, 0.2) is 5.96 Å². The van der Waals surface area contributed by atoms with E-state index in [0.29, 0.717) is 12.5 Å². The number of anilines is 1. The van der Waals surface area contributed by atoms with Crippen LogP contribution in [0, 0.1) is 0 Å². The molecule has 0 atom stereocenters. The molecule has 3 N–H and O–H groups in total. The van der Waals surface area contributed by atoms with E-state index >= 15 is 0 Å². The Balaban J connectivity index is 1.90. The van der Waals surface area contributed by atoms with Gasteiger partial charge < -0.3 is 15.8 Å². The van der Waals surface area contributed by atoms with Gasteiger partial charge in [0.25, 0.3) is 0 Å². The number of hydrogen-bond donors (Lipinski definition) is 2. The SMILES string of the molecule is CCc1nc(CN=C(N)Nc2ccc(OC(C)C)cc2)cs1. The normalized spacial score (nSPS) is 11.7. The lowest BCUT2D eigenvalue weighted by Crippen LogP contribution is -2.22. The number of rotatable bonds is 6. The highest BCUT2D eigenvalue weighted by molar-refractivity contribution is 7.09. The molecule has 0 saturated heterocycles. The van der Waals surface area contributed by atoms with Crippen LogP contribution in [0.25, 0.3) is 0 Å². The summed E-state index contributed by atoms with van der Waals surface area (Å²) in [5.41, 5.74) is 7.73. The summed E-state index contributed by atoms with van der Waals surface area (Å²) in [6.07, 6.45) is 1.11. The molecule has 0 fully saturated rings. The molecular weight excluding hydrogens is 296 g/mol. The Labute approximate surface area is 135 Å². The van der Waals surface area contributed by atoms with Crippen molar-refractivity contribution < 1.29 is 4.74 Å². The molecule has 22 heavy (non-hydrogen) atoms. The zero-order valence-electron chi connectivity index (χ0n) is 13.2. The molecule has 6 heteroatoms. The van der Waals surface area contributed by atoms with Crippen molar-refractivity contribution in [1.29, 1.82) is 0 Å². The van der Waals surface area contributed by atoms with Crippen LogP contribution in [0.1, 0.15) is 31.5 Å². The molecule has 5 nitrogen and oxygen atoms in total. The van der Waals surface area contributed by atoms with E-state index in [-0.39, 0.29) is 6.10 Å². The first kappa shape index (κ1) is 16.3. The smallest absolute Gasteiger partial charge is 0.193 e. The molecule has 118 valence electrons. The molecule has 0 amide bonds. The summed E-state index contributed by atoms with van der Waals surface area (Å²) in [6, 6.07) is 7.64. The lowest BCUT2D eigenvalue weighted by Gasteiger charge is -2.10. The van der Waals surface area contributed by atoms with Crippen LogP contribution in [0.15, 0.2) is 34.6 Å². The fourth-order valence-electron chi connectivity index (χ4n) is 1.83. The van der Waals surface area contributed by atoms with Crippen molar-refractivity contribution in [3.63, 3.8) is 0 Å². The van der Waals surface area contributed by atoms with Gasteiger partial charge in [-0.05, 0) is 44.5 Å². The predicted molar refractivity (Wildman–Crippen MR) is 92.6 cm³/mol. The minimum Gasteiger partial charge on any atom is -0.491 e. The van der Waals surface area contributed by atoms with Crippen molar-refractivity contribution in [2.24, 2.45) is 10.7 Å². The Morgan fingerprint density at radius 1 is 1.36 bits per heavy atom. The molecule has 1 aromatic heterocycles. The van der Waals surface area contributed by atoms with Crippen LogP contribution in [0.5, 0.6) is 5.75 Å². The maximum absolute atomic E-state index is 5.89. The summed E-state index contributed by atoms with van der Waals surface area (Å²) in [5.74, 6) is 1.22. The maximum Gasteiger partial charge on any atom is 0.193 e. The Morgan fingerprint density at radius 2 is 2.09 bits per heavy atom. The average molecular weight is 318 g/mol. The third-order valence-electron chi connectivity index (χ3n) is 2.81. The van der Waals surface area contributed by atoms with Crippen LogP contribution in [-0.2, 0) is 13.0 Å². The first-order chi connectivity index (χ1) is 10.6. The highest BCUT2D eigenvalue weighted by Gasteiger charge is 2.01. The van der Waals surface area contributed by atoms with E-state index in [9.17, 15) is 0 Å². The van der Waals surface area contributed by atoms with Crippen molar-refractivity contribution in [3.05, 3.63) is 40.3 Å². The van der Waals surface area contributed by atoms with E-state index in [0.717, 1.165) is 28.6 Å². The van der Waals surface area contributed by atoms with Gasteiger partial charge in [0.2, 0.25) is 0 Å². The van der Waals surface area contributed by atoms with E-state index in [2.05, 4.69) is 22.2 Å². The largest absolute Gasteiger partial charge is 0.491 e. The molecule has 0 unspecified atom stereocenters. The molecule has 0 aliphatic heterocycles. The molecule has 0 saturated carbocycles. The second-order valence-electron chi connectivity index (χ2n) is 5.10. The van der Waals surface area contributed by atoms with Crippen molar-refractivity contribution in [1.82, 2.24) is 4.98 Å². The summed E-state index contributed by atoms with van der Waals surface area (Å²) >= 11 is 1.66. The van der Waals surface area contributed by atoms with Gasteiger partial charge in [-0.2, -0.15) is 0 Å². The second-order valence-corrected chi connectivity index (χ2v) is 6.05. The number of benzene rings is 1. The van der Waals surface area contributed by atoms with Crippen LogP contribution in [-0.4, -0.2) is 17.0 Å². The highest BCUT2D eigenvalue weighted by Crippen LogP contribution is 2.17.